The molecule has 1 unspecified atom stereocenters. The Morgan fingerprint density at radius 3 is 3.00 bits per heavy atom. The Kier molecular flexibility index (Phi) is 5.26. The average molecular weight is 409 g/mol. The number of rotatable bonds is 6. The predicted molar refractivity (Wildman–Crippen MR) is 91.5 cm³/mol. The molecule has 0 aliphatic heterocycles. The van der Waals surface area contributed by atoms with Gasteiger partial charge in [-0.3, -0.25) is 4.79 Å². The Labute approximate surface area is 150 Å². The van der Waals surface area contributed by atoms with Gasteiger partial charge in [-0.05, 0) is 35.0 Å². The summed E-state index contributed by atoms with van der Waals surface area (Å²) >= 11 is 4.59. The molecule has 1 atom stereocenters. The van der Waals surface area contributed by atoms with Crippen LogP contribution in [-0.2, 0) is 11.3 Å². The van der Waals surface area contributed by atoms with Crippen LogP contribution in [0.2, 0.25) is 0 Å². The molecule has 0 fully saturated rings. The maximum atomic E-state index is 12.3. The van der Waals surface area contributed by atoms with Gasteiger partial charge in [0.25, 0.3) is 5.22 Å². The van der Waals surface area contributed by atoms with Crippen molar-refractivity contribution in [2.75, 3.05) is 5.32 Å². The molecule has 1 aromatic carbocycles. The summed E-state index contributed by atoms with van der Waals surface area (Å²) in [5.41, 5.74) is 0.715. The van der Waals surface area contributed by atoms with Crippen molar-refractivity contribution in [2.24, 2.45) is 0 Å². The van der Waals surface area contributed by atoms with E-state index in [9.17, 15) is 4.79 Å². The molecule has 0 saturated heterocycles. The first-order valence-corrected chi connectivity index (χ1v) is 8.66. The quantitative estimate of drug-likeness (QED) is 0.625. The molecule has 3 aromatic rings. The van der Waals surface area contributed by atoms with Crippen LogP contribution in [0.5, 0.6) is 0 Å². The van der Waals surface area contributed by atoms with Gasteiger partial charge in [0.05, 0.1) is 10.9 Å². The van der Waals surface area contributed by atoms with E-state index in [1.54, 1.807) is 17.9 Å². The van der Waals surface area contributed by atoms with Crippen LogP contribution in [-0.4, -0.2) is 36.1 Å². The number of aromatic nitrogens is 5. The highest BCUT2D eigenvalue weighted by molar-refractivity contribution is 9.10. The van der Waals surface area contributed by atoms with Crippen molar-refractivity contribution in [1.29, 1.82) is 0 Å². The fraction of sp³-hybridized carbons (Fsp3) is 0.214. The minimum atomic E-state index is -0.392. The second-order valence-electron chi connectivity index (χ2n) is 4.78. The number of carbonyl (C=O) groups is 1. The van der Waals surface area contributed by atoms with Gasteiger partial charge in [-0.2, -0.15) is 5.10 Å². The van der Waals surface area contributed by atoms with Gasteiger partial charge >= 0.3 is 0 Å². The van der Waals surface area contributed by atoms with Crippen molar-refractivity contribution in [3.05, 3.63) is 47.3 Å². The molecule has 1 amide bonds. The van der Waals surface area contributed by atoms with E-state index in [1.807, 2.05) is 24.3 Å². The van der Waals surface area contributed by atoms with E-state index in [1.165, 1.54) is 18.1 Å². The summed E-state index contributed by atoms with van der Waals surface area (Å²) in [7, 11) is 0. The largest absolute Gasteiger partial charge is 0.414 e. The molecular formula is C14H13BrN6O2S. The zero-order valence-electron chi connectivity index (χ0n) is 12.6. The van der Waals surface area contributed by atoms with Gasteiger partial charge in [0, 0.05) is 4.47 Å². The van der Waals surface area contributed by atoms with E-state index in [0.717, 1.165) is 4.47 Å². The van der Waals surface area contributed by atoms with Gasteiger partial charge in [-0.25, -0.2) is 9.67 Å². The summed E-state index contributed by atoms with van der Waals surface area (Å²) < 4.78 is 7.91. The second-order valence-corrected chi connectivity index (χ2v) is 6.93. The van der Waals surface area contributed by atoms with Crippen LogP contribution in [0.25, 0.3) is 0 Å². The highest BCUT2D eigenvalue weighted by atomic mass is 79.9. The minimum absolute atomic E-state index is 0.150. The standard InChI is InChI=1S/C14H13BrN6O2S/c1-9(13(22)18-11-5-3-2-4-10(11)15)24-14-20-19-12(23-14)6-21-8-16-7-17-21/h2-5,7-9H,6H2,1H3,(H,18,22). The lowest BCUT2D eigenvalue weighted by Crippen LogP contribution is -2.22. The van der Waals surface area contributed by atoms with Crippen molar-refractivity contribution >= 4 is 39.3 Å². The summed E-state index contributed by atoms with van der Waals surface area (Å²) in [5, 5.41) is 14.6. The third kappa shape index (κ3) is 4.20. The number of nitrogens with one attached hydrogen (secondary N) is 1. The SMILES string of the molecule is CC(Sc1nnc(Cn2cncn2)o1)C(=O)Nc1ccccc1Br. The lowest BCUT2D eigenvalue weighted by Gasteiger charge is -2.11. The molecular weight excluding hydrogens is 396 g/mol. The Bertz CT molecular complexity index is 822. The number of carbonyl (C=O) groups excluding carboxylic acids is 1. The number of benzene rings is 1. The van der Waals surface area contributed by atoms with Crippen molar-refractivity contribution in [3.8, 4) is 0 Å². The highest BCUT2D eigenvalue weighted by Crippen LogP contribution is 2.25. The van der Waals surface area contributed by atoms with E-state index in [-0.39, 0.29) is 5.91 Å². The molecule has 0 aliphatic rings. The first kappa shape index (κ1) is 16.7. The van der Waals surface area contributed by atoms with Crippen LogP contribution in [0.1, 0.15) is 12.8 Å². The van der Waals surface area contributed by atoms with Crippen molar-refractivity contribution in [1.82, 2.24) is 25.0 Å². The Hall–Kier alpha value is -2.20. The molecule has 0 bridgehead atoms. The topological polar surface area (TPSA) is 98.7 Å². The minimum Gasteiger partial charge on any atom is -0.414 e. The first-order valence-electron chi connectivity index (χ1n) is 6.98. The van der Waals surface area contributed by atoms with E-state index < -0.39 is 5.25 Å². The van der Waals surface area contributed by atoms with E-state index in [2.05, 4.69) is 41.5 Å². The van der Waals surface area contributed by atoms with Gasteiger partial charge in [-0.15, -0.1) is 10.2 Å². The van der Waals surface area contributed by atoms with Crippen molar-refractivity contribution in [3.63, 3.8) is 0 Å². The second kappa shape index (κ2) is 7.58. The molecule has 24 heavy (non-hydrogen) atoms. The van der Waals surface area contributed by atoms with E-state index >= 15 is 0 Å². The monoisotopic (exact) mass is 408 g/mol. The van der Waals surface area contributed by atoms with Crippen LogP contribution >= 0.6 is 27.7 Å². The van der Waals surface area contributed by atoms with Gasteiger partial charge in [0.2, 0.25) is 11.8 Å². The number of nitrogens with zero attached hydrogens (tertiary/aromatic N) is 5. The molecule has 0 spiro atoms. The van der Waals surface area contributed by atoms with E-state index in [4.69, 9.17) is 4.42 Å². The maximum absolute atomic E-state index is 12.3. The van der Waals surface area contributed by atoms with Crippen LogP contribution in [0.15, 0.2) is 51.0 Å². The zero-order chi connectivity index (χ0) is 16.9. The molecule has 10 heteroatoms. The summed E-state index contributed by atoms with van der Waals surface area (Å²) in [4.78, 5) is 16.1. The number of thioether (sulfide) groups is 1. The van der Waals surface area contributed by atoms with E-state index in [0.29, 0.717) is 23.3 Å². The van der Waals surface area contributed by atoms with Crippen LogP contribution < -0.4 is 5.32 Å². The van der Waals surface area contributed by atoms with Crippen molar-refractivity contribution < 1.29 is 9.21 Å². The Morgan fingerprint density at radius 2 is 2.25 bits per heavy atom. The molecule has 0 radical (unpaired) electrons. The van der Waals surface area contributed by atoms with Crippen molar-refractivity contribution in [2.45, 2.75) is 23.9 Å². The maximum Gasteiger partial charge on any atom is 0.277 e. The number of hydrogen-bond donors (Lipinski definition) is 1. The number of hydrogen-bond acceptors (Lipinski definition) is 7. The van der Waals surface area contributed by atoms with Crippen LogP contribution in [0.3, 0.4) is 0 Å². The van der Waals surface area contributed by atoms with Gasteiger partial charge in [0.15, 0.2) is 0 Å². The summed E-state index contributed by atoms with van der Waals surface area (Å²) in [6.45, 7) is 2.11. The fourth-order valence-electron chi connectivity index (χ4n) is 1.80. The molecule has 2 aromatic heterocycles. The lowest BCUT2D eigenvalue weighted by molar-refractivity contribution is -0.115. The highest BCUT2D eigenvalue weighted by Gasteiger charge is 2.19. The third-order valence-electron chi connectivity index (χ3n) is 2.99. The molecule has 2 heterocycles. The molecule has 0 saturated carbocycles. The summed E-state index contributed by atoms with van der Waals surface area (Å²) in [6.07, 6.45) is 2.99. The smallest absolute Gasteiger partial charge is 0.277 e. The number of amides is 1. The van der Waals surface area contributed by atoms with Crippen LogP contribution in [0, 0.1) is 0 Å². The Balaban J connectivity index is 1.58. The number of para-hydroxylation sites is 1. The third-order valence-corrected chi connectivity index (χ3v) is 4.62. The van der Waals surface area contributed by atoms with Gasteiger partial charge < -0.3 is 9.73 Å². The fourth-order valence-corrected chi connectivity index (χ4v) is 2.89. The average Bonchev–Trinajstić information content (AvgIpc) is 3.22. The summed E-state index contributed by atoms with van der Waals surface area (Å²) in [5.74, 6) is 0.254. The molecule has 124 valence electrons. The van der Waals surface area contributed by atoms with Crippen LogP contribution in [0.4, 0.5) is 5.69 Å². The molecule has 1 N–H and O–H groups in total. The normalized spacial score (nSPS) is 12.1. The molecule has 0 aliphatic carbocycles. The van der Waals surface area contributed by atoms with Gasteiger partial charge in [0.1, 0.15) is 19.2 Å². The molecule has 3 rings (SSSR count). The summed E-state index contributed by atoms with van der Waals surface area (Å²) in [6, 6.07) is 7.42. The molecule has 8 nitrogen and oxygen atoms in total. The first-order chi connectivity index (χ1) is 11.6. The number of halogens is 1. The Morgan fingerprint density at radius 1 is 1.42 bits per heavy atom. The lowest BCUT2D eigenvalue weighted by atomic mass is 10.3. The zero-order valence-corrected chi connectivity index (χ0v) is 15.0. The van der Waals surface area contributed by atoms with Gasteiger partial charge in [-0.1, -0.05) is 23.9 Å². The number of anilines is 1. The predicted octanol–water partition coefficient (Wildman–Crippen LogP) is 2.59.